The van der Waals surface area contributed by atoms with E-state index >= 15 is 0 Å². The van der Waals surface area contributed by atoms with Crippen LogP contribution in [0, 0.1) is 0 Å². The number of methoxy groups -OCH3 is 1. The maximum atomic E-state index is 11.1. The van der Waals surface area contributed by atoms with Gasteiger partial charge in [-0.1, -0.05) is 54.6 Å². The summed E-state index contributed by atoms with van der Waals surface area (Å²) in [6, 6.07) is 18.0. The molecule has 2 nitrogen and oxygen atoms in total. The summed E-state index contributed by atoms with van der Waals surface area (Å²) in [6.45, 7) is 0. The van der Waals surface area contributed by atoms with E-state index in [1.54, 1.807) is 6.08 Å². The highest BCUT2D eigenvalue weighted by Crippen LogP contribution is 2.24. The van der Waals surface area contributed by atoms with Gasteiger partial charge in [-0.25, -0.2) is 4.79 Å². The zero-order valence-electron chi connectivity index (χ0n) is 10.2. The topological polar surface area (TPSA) is 26.3 Å². The maximum Gasteiger partial charge on any atom is 0.330 e. The second-order valence-corrected chi connectivity index (χ2v) is 3.81. The molecule has 0 atom stereocenters. The Hall–Kier alpha value is -2.35. The molecule has 2 aromatic carbocycles. The van der Waals surface area contributed by atoms with Gasteiger partial charge in [0.2, 0.25) is 0 Å². The molecular weight excluding hydrogens is 224 g/mol. The zero-order valence-corrected chi connectivity index (χ0v) is 10.2. The van der Waals surface area contributed by atoms with Crippen LogP contribution in [0.2, 0.25) is 0 Å². The lowest BCUT2D eigenvalue weighted by Crippen LogP contribution is -1.93. The normalized spacial score (nSPS) is 10.5. The molecule has 0 aliphatic rings. The van der Waals surface area contributed by atoms with E-state index in [9.17, 15) is 4.79 Å². The van der Waals surface area contributed by atoms with Gasteiger partial charge in [0.1, 0.15) is 0 Å². The molecule has 0 heterocycles. The predicted molar refractivity (Wildman–Crippen MR) is 72.9 cm³/mol. The Morgan fingerprint density at radius 3 is 2.39 bits per heavy atom. The lowest BCUT2D eigenvalue weighted by atomic mass is 9.99. The van der Waals surface area contributed by atoms with Crippen molar-refractivity contribution in [1.29, 1.82) is 0 Å². The summed E-state index contributed by atoms with van der Waals surface area (Å²) >= 11 is 0. The molecule has 0 radical (unpaired) electrons. The second kappa shape index (κ2) is 5.82. The number of hydrogen-bond acceptors (Lipinski definition) is 2. The third-order valence-electron chi connectivity index (χ3n) is 2.65. The van der Waals surface area contributed by atoms with E-state index in [0.29, 0.717) is 0 Å². The van der Waals surface area contributed by atoms with Crippen LogP contribution in [0.25, 0.3) is 17.2 Å². The quantitative estimate of drug-likeness (QED) is 0.604. The van der Waals surface area contributed by atoms with Gasteiger partial charge in [0.05, 0.1) is 7.11 Å². The first-order valence-corrected chi connectivity index (χ1v) is 5.72. The molecule has 0 unspecified atom stereocenters. The minimum Gasteiger partial charge on any atom is -0.466 e. The van der Waals surface area contributed by atoms with Gasteiger partial charge in [0.15, 0.2) is 0 Å². The lowest BCUT2D eigenvalue weighted by Gasteiger charge is -2.05. The Morgan fingerprint density at radius 1 is 1.00 bits per heavy atom. The molecule has 90 valence electrons. The van der Waals surface area contributed by atoms with Gasteiger partial charge in [0.25, 0.3) is 0 Å². The van der Waals surface area contributed by atoms with Crippen LogP contribution in [-0.4, -0.2) is 13.1 Å². The van der Waals surface area contributed by atoms with Gasteiger partial charge in [-0.15, -0.1) is 0 Å². The van der Waals surface area contributed by atoms with Gasteiger partial charge in [-0.2, -0.15) is 0 Å². The molecule has 0 aliphatic heterocycles. The van der Waals surface area contributed by atoms with E-state index in [1.165, 1.54) is 13.2 Å². The molecule has 2 aromatic rings. The Balaban J connectivity index is 2.38. The molecule has 0 aliphatic carbocycles. The van der Waals surface area contributed by atoms with Crippen molar-refractivity contribution in [3.05, 3.63) is 66.2 Å². The fourth-order valence-electron chi connectivity index (χ4n) is 1.75. The van der Waals surface area contributed by atoms with E-state index in [1.807, 2.05) is 54.6 Å². The zero-order chi connectivity index (χ0) is 12.8. The average molecular weight is 238 g/mol. The first-order chi connectivity index (χ1) is 8.81. The largest absolute Gasteiger partial charge is 0.466 e. The number of carbonyl (C=O) groups excluding carboxylic acids is 1. The van der Waals surface area contributed by atoms with E-state index < -0.39 is 0 Å². The van der Waals surface area contributed by atoms with Crippen molar-refractivity contribution in [2.75, 3.05) is 7.11 Å². The maximum absolute atomic E-state index is 11.1. The molecule has 2 heteroatoms. The van der Waals surface area contributed by atoms with E-state index in [4.69, 9.17) is 0 Å². The molecule has 0 saturated heterocycles. The van der Waals surface area contributed by atoms with Crippen LogP contribution < -0.4 is 0 Å². The van der Waals surface area contributed by atoms with E-state index in [2.05, 4.69) is 4.74 Å². The highest BCUT2D eigenvalue weighted by atomic mass is 16.5. The Kier molecular flexibility index (Phi) is 3.92. The summed E-state index contributed by atoms with van der Waals surface area (Å²) in [7, 11) is 1.37. The summed E-state index contributed by atoms with van der Waals surface area (Å²) in [5, 5.41) is 0. The third-order valence-corrected chi connectivity index (χ3v) is 2.65. The van der Waals surface area contributed by atoms with Crippen molar-refractivity contribution < 1.29 is 9.53 Å². The van der Waals surface area contributed by atoms with Crippen molar-refractivity contribution in [2.24, 2.45) is 0 Å². The van der Waals surface area contributed by atoms with Crippen LogP contribution in [0.4, 0.5) is 0 Å². The Bertz CT molecular complexity index is 556. The van der Waals surface area contributed by atoms with Crippen LogP contribution >= 0.6 is 0 Å². The van der Waals surface area contributed by atoms with Gasteiger partial charge in [0, 0.05) is 6.08 Å². The van der Waals surface area contributed by atoms with Crippen LogP contribution in [-0.2, 0) is 9.53 Å². The van der Waals surface area contributed by atoms with E-state index in [-0.39, 0.29) is 5.97 Å². The summed E-state index contributed by atoms with van der Waals surface area (Å²) < 4.78 is 4.59. The van der Waals surface area contributed by atoms with Gasteiger partial charge < -0.3 is 4.74 Å². The van der Waals surface area contributed by atoms with Crippen LogP contribution in [0.1, 0.15) is 5.56 Å². The number of ether oxygens (including phenoxy) is 1. The SMILES string of the molecule is COC(=O)C=Cc1ccccc1-c1ccccc1. The molecule has 0 saturated carbocycles. The molecule has 0 aromatic heterocycles. The molecule has 0 amide bonds. The Labute approximate surface area is 107 Å². The second-order valence-electron chi connectivity index (χ2n) is 3.81. The smallest absolute Gasteiger partial charge is 0.330 e. The highest BCUT2D eigenvalue weighted by Gasteiger charge is 2.01. The fourth-order valence-corrected chi connectivity index (χ4v) is 1.75. The number of carbonyl (C=O) groups is 1. The number of hydrogen-bond donors (Lipinski definition) is 0. The van der Waals surface area contributed by atoms with Gasteiger partial charge in [-0.05, 0) is 22.8 Å². The molecule has 0 fully saturated rings. The molecule has 0 spiro atoms. The highest BCUT2D eigenvalue weighted by molar-refractivity contribution is 5.89. The standard InChI is InChI=1S/C16H14O2/c1-18-16(17)12-11-14-9-5-6-10-15(14)13-7-3-2-4-8-13/h2-12H,1H3. The average Bonchev–Trinajstić information content (AvgIpc) is 2.46. The van der Waals surface area contributed by atoms with Crippen LogP contribution in [0.3, 0.4) is 0 Å². The number of benzene rings is 2. The minimum atomic E-state index is -0.349. The molecular formula is C16H14O2. The van der Waals surface area contributed by atoms with E-state index in [0.717, 1.165) is 16.7 Å². The molecule has 2 rings (SSSR count). The fraction of sp³-hybridized carbons (Fsp3) is 0.0625. The molecule has 0 N–H and O–H groups in total. The van der Waals surface area contributed by atoms with Crippen molar-refractivity contribution in [3.8, 4) is 11.1 Å². The molecule has 18 heavy (non-hydrogen) atoms. The summed E-state index contributed by atoms with van der Waals surface area (Å²) in [6.07, 6.45) is 3.20. The third kappa shape index (κ3) is 2.86. The number of esters is 1. The first-order valence-electron chi connectivity index (χ1n) is 5.72. The monoisotopic (exact) mass is 238 g/mol. The van der Waals surface area contributed by atoms with Gasteiger partial charge in [-0.3, -0.25) is 0 Å². The summed E-state index contributed by atoms with van der Waals surface area (Å²) in [4.78, 5) is 11.1. The van der Waals surface area contributed by atoms with Crippen molar-refractivity contribution >= 4 is 12.0 Å². The lowest BCUT2D eigenvalue weighted by molar-refractivity contribution is -0.134. The minimum absolute atomic E-state index is 0.349. The Morgan fingerprint density at radius 2 is 1.67 bits per heavy atom. The van der Waals surface area contributed by atoms with Gasteiger partial charge >= 0.3 is 5.97 Å². The van der Waals surface area contributed by atoms with Crippen LogP contribution in [0.15, 0.2) is 60.7 Å². The van der Waals surface area contributed by atoms with Crippen LogP contribution in [0.5, 0.6) is 0 Å². The van der Waals surface area contributed by atoms with Crippen molar-refractivity contribution in [3.63, 3.8) is 0 Å². The predicted octanol–water partition coefficient (Wildman–Crippen LogP) is 3.54. The van der Waals surface area contributed by atoms with Crippen molar-refractivity contribution in [2.45, 2.75) is 0 Å². The first kappa shape index (κ1) is 12.1. The van der Waals surface area contributed by atoms with Crippen molar-refractivity contribution in [1.82, 2.24) is 0 Å². The number of rotatable bonds is 3. The summed E-state index contributed by atoms with van der Waals surface area (Å²) in [5.41, 5.74) is 3.22. The molecule has 0 bridgehead atoms. The summed E-state index contributed by atoms with van der Waals surface area (Å²) in [5.74, 6) is -0.349.